The molecule has 0 atom stereocenters. The van der Waals surface area contributed by atoms with Crippen LogP contribution in [0.15, 0.2) is 42.7 Å². The van der Waals surface area contributed by atoms with Gasteiger partial charge in [0.25, 0.3) is 0 Å². The second-order valence-corrected chi connectivity index (χ2v) is 7.94. The highest BCUT2D eigenvalue weighted by Crippen LogP contribution is 2.29. The van der Waals surface area contributed by atoms with Crippen LogP contribution in [0.25, 0.3) is 10.9 Å². The van der Waals surface area contributed by atoms with Gasteiger partial charge in [-0.1, -0.05) is 0 Å². The summed E-state index contributed by atoms with van der Waals surface area (Å²) >= 11 is 0. The molecule has 35 heavy (non-hydrogen) atoms. The van der Waals surface area contributed by atoms with E-state index in [-0.39, 0.29) is 17.7 Å². The van der Waals surface area contributed by atoms with Crippen molar-refractivity contribution in [2.45, 2.75) is 6.42 Å². The van der Waals surface area contributed by atoms with E-state index >= 15 is 0 Å². The molecule has 0 bridgehead atoms. The Morgan fingerprint density at radius 3 is 2.49 bits per heavy atom. The second-order valence-electron chi connectivity index (χ2n) is 7.94. The van der Waals surface area contributed by atoms with E-state index < -0.39 is 11.7 Å². The van der Waals surface area contributed by atoms with Gasteiger partial charge in [0, 0.05) is 43.7 Å². The molecule has 0 unspecified atom stereocenters. The molecule has 1 heterocycles. The first-order valence-electron chi connectivity index (χ1n) is 11.0. The van der Waals surface area contributed by atoms with Crippen molar-refractivity contribution < 1.29 is 23.5 Å². The Morgan fingerprint density at radius 2 is 1.77 bits per heavy atom. The largest absolute Gasteiger partial charge is 0.491 e. The molecule has 3 rings (SSSR count). The molecule has 0 aliphatic rings. The van der Waals surface area contributed by atoms with E-state index in [1.807, 2.05) is 19.0 Å². The Morgan fingerprint density at radius 1 is 1.03 bits per heavy atom. The van der Waals surface area contributed by atoms with Crippen molar-refractivity contribution in [3.63, 3.8) is 0 Å². The third-order valence-corrected chi connectivity index (χ3v) is 4.85. The average molecular weight is 485 g/mol. The minimum atomic E-state index is -0.522. The number of anilines is 3. The van der Waals surface area contributed by atoms with Gasteiger partial charge in [0.1, 0.15) is 36.7 Å². The smallest absolute Gasteiger partial charge is 0.233 e. The first-order chi connectivity index (χ1) is 16.9. The van der Waals surface area contributed by atoms with E-state index in [4.69, 9.17) is 9.47 Å². The summed E-state index contributed by atoms with van der Waals surface area (Å²) < 4.78 is 25.3. The molecular weight excluding hydrogens is 455 g/mol. The molecule has 0 aliphatic heterocycles. The van der Waals surface area contributed by atoms with E-state index in [0.29, 0.717) is 54.8 Å². The number of aromatic nitrogens is 2. The minimum Gasteiger partial charge on any atom is -0.491 e. The Bertz CT molecular complexity index is 1160. The highest BCUT2D eigenvalue weighted by Gasteiger charge is 2.13. The number of rotatable bonds is 12. The summed E-state index contributed by atoms with van der Waals surface area (Å²) in [5, 5.41) is 8.68. The fourth-order valence-electron chi connectivity index (χ4n) is 3.14. The van der Waals surface area contributed by atoms with E-state index in [0.717, 1.165) is 0 Å². The first-order valence-corrected chi connectivity index (χ1v) is 11.0. The highest BCUT2D eigenvalue weighted by atomic mass is 19.1. The number of fused-ring (bicyclic) bond motifs is 1. The zero-order valence-corrected chi connectivity index (χ0v) is 19.9. The second kappa shape index (κ2) is 12.6. The summed E-state index contributed by atoms with van der Waals surface area (Å²) in [4.78, 5) is 34.2. The van der Waals surface area contributed by atoms with Gasteiger partial charge in [0.05, 0.1) is 17.5 Å². The van der Waals surface area contributed by atoms with Gasteiger partial charge in [-0.05, 0) is 38.4 Å². The van der Waals surface area contributed by atoms with Gasteiger partial charge in [-0.25, -0.2) is 14.4 Å². The predicted octanol–water partition coefficient (Wildman–Crippen LogP) is 2.54. The van der Waals surface area contributed by atoms with Crippen LogP contribution in [-0.2, 0) is 14.3 Å². The van der Waals surface area contributed by atoms with Crippen molar-refractivity contribution in [1.82, 2.24) is 20.2 Å². The van der Waals surface area contributed by atoms with Gasteiger partial charge in [0.2, 0.25) is 11.8 Å². The average Bonchev–Trinajstić information content (AvgIpc) is 2.80. The van der Waals surface area contributed by atoms with Crippen molar-refractivity contribution >= 4 is 39.9 Å². The standard InChI is InChI=1S/C24H29FN6O4/c1-31(2)9-8-26-21(32)14-22(33)29-16-4-6-17(7-5-16)30-24-23-19(25)12-18(35-11-10-34-3)13-20(23)27-15-28-24/h4-7,12-13,15H,8-11,14H2,1-3H3,(H,26,32)(H,29,33)(H,27,28,30). The van der Waals surface area contributed by atoms with Crippen LogP contribution in [0.4, 0.5) is 21.6 Å². The van der Waals surface area contributed by atoms with E-state index in [9.17, 15) is 14.0 Å². The lowest BCUT2D eigenvalue weighted by molar-refractivity contribution is -0.126. The number of hydrogen-bond donors (Lipinski definition) is 3. The van der Waals surface area contributed by atoms with Gasteiger partial charge in [0.15, 0.2) is 0 Å². The Kier molecular flexibility index (Phi) is 9.27. The third kappa shape index (κ3) is 7.87. The van der Waals surface area contributed by atoms with Crippen LogP contribution in [0.1, 0.15) is 6.42 Å². The normalized spacial score (nSPS) is 10.9. The molecule has 2 aromatic carbocycles. The van der Waals surface area contributed by atoms with Crippen molar-refractivity contribution in [3.05, 3.63) is 48.5 Å². The molecular formula is C24H29FN6O4. The molecule has 11 heteroatoms. The summed E-state index contributed by atoms with van der Waals surface area (Å²) in [5.74, 6) is -0.635. The van der Waals surface area contributed by atoms with E-state index in [1.54, 1.807) is 37.4 Å². The van der Waals surface area contributed by atoms with Gasteiger partial charge < -0.3 is 30.3 Å². The molecule has 1 aromatic heterocycles. The van der Waals surface area contributed by atoms with Gasteiger partial charge in [-0.2, -0.15) is 0 Å². The lowest BCUT2D eigenvalue weighted by atomic mass is 10.2. The molecule has 2 amide bonds. The van der Waals surface area contributed by atoms with Gasteiger partial charge in [-0.15, -0.1) is 0 Å². The molecule has 0 fully saturated rings. The molecule has 0 saturated carbocycles. The molecule has 0 radical (unpaired) electrons. The summed E-state index contributed by atoms with van der Waals surface area (Å²) in [6.45, 7) is 1.84. The first kappa shape index (κ1) is 25.8. The lowest BCUT2D eigenvalue weighted by Crippen LogP contribution is -2.33. The number of carbonyl (C=O) groups is 2. The third-order valence-electron chi connectivity index (χ3n) is 4.85. The SMILES string of the molecule is COCCOc1cc(F)c2c(Nc3ccc(NC(=O)CC(=O)NCCN(C)C)cc3)ncnc2c1. The van der Waals surface area contributed by atoms with Crippen LogP contribution in [0, 0.1) is 5.82 Å². The lowest BCUT2D eigenvalue weighted by Gasteiger charge is -2.12. The van der Waals surface area contributed by atoms with Gasteiger partial charge >= 0.3 is 0 Å². The summed E-state index contributed by atoms with van der Waals surface area (Å²) in [5.41, 5.74) is 1.55. The van der Waals surface area contributed by atoms with Crippen LogP contribution in [0.5, 0.6) is 5.75 Å². The van der Waals surface area contributed by atoms with Crippen molar-refractivity contribution in [3.8, 4) is 5.75 Å². The summed E-state index contributed by atoms with van der Waals surface area (Å²) in [6, 6.07) is 9.68. The molecule has 3 N–H and O–H groups in total. The number of methoxy groups -OCH3 is 1. The molecule has 0 saturated heterocycles. The molecule has 186 valence electrons. The fraction of sp³-hybridized carbons (Fsp3) is 0.333. The monoisotopic (exact) mass is 484 g/mol. The fourth-order valence-corrected chi connectivity index (χ4v) is 3.14. The van der Waals surface area contributed by atoms with Crippen LogP contribution in [-0.4, -0.2) is 74.2 Å². The number of nitrogens with one attached hydrogen (secondary N) is 3. The van der Waals surface area contributed by atoms with Crippen molar-refractivity contribution in [1.29, 1.82) is 0 Å². The number of ether oxygens (including phenoxy) is 2. The Hall–Kier alpha value is -3.83. The Balaban J connectivity index is 1.61. The van der Waals surface area contributed by atoms with Crippen LogP contribution < -0.4 is 20.7 Å². The Labute approximate surface area is 202 Å². The van der Waals surface area contributed by atoms with E-state index in [2.05, 4.69) is 25.9 Å². The minimum absolute atomic E-state index is 0.226. The zero-order chi connectivity index (χ0) is 25.2. The number of benzene rings is 2. The van der Waals surface area contributed by atoms with Crippen LogP contribution >= 0.6 is 0 Å². The molecule has 0 spiro atoms. The van der Waals surface area contributed by atoms with Crippen molar-refractivity contribution in [2.24, 2.45) is 0 Å². The number of likely N-dealkylation sites (N-methyl/N-ethyl adjacent to an activating group) is 1. The van der Waals surface area contributed by atoms with Gasteiger partial charge in [-0.3, -0.25) is 9.59 Å². The molecule has 3 aromatic rings. The maximum absolute atomic E-state index is 14.8. The number of halogens is 1. The maximum Gasteiger partial charge on any atom is 0.233 e. The number of amides is 2. The number of hydrogen-bond acceptors (Lipinski definition) is 8. The summed E-state index contributed by atoms with van der Waals surface area (Å²) in [6.07, 6.45) is 1.07. The summed E-state index contributed by atoms with van der Waals surface area (Å²) in [7, 11) is 5.36. The molecule has 10 nitrogen and oxygen atoms in total. The molecule has 0 aliphatic carbocycles. The van der Waals surface area contributed by atoms with Crippen LogP contribution in [0.2, 0.25) is 0 Å². The van der Waals surface area contributed by atoms with Crippen molar-refractivity contribution in [2.75, 3.05) is 58.1 Å². The number of carbonyl (C=O) groups excluding carboxylic acids is 2. The maximum atomic E-state index is 14.8. The topological polar surface area (TPSA) is 118 Å². The highest BCUT2D eigenvalue weighted by molar-refractivity contribution is 6.03. The zero-order valence-electron chi connectivity index (χ0n) is 19.9. The van der Waals surface area contributed by atoms with E-state index in [1.165, 1.54) is 12.4 Å². The quantitative estimate of drug-likeness (QED) is 0.265. The van der Waals surface area contributed by atoms with Crippen LogP contribution in [0.3, 0.4) is 0 Å². The predicted molar refractivity (Wildman–Crippen MR) is 131 cm³/mol. The number of nitrogens with zero attached hydrogens (tertiary/aromatic N) is 3.